The zero-order valence-corrected chi connectivity index (χ0v) is 23.7. The normalized spacial score (nSPS) is 14.9. The number of nitrogens with zero attached hydrogens (tertiary/aromatic N) is 3. The summed E-state index contributed by atoms with van der Waals surface area (Å²) >= 11 is 0. The highest BCUT2D eigenvalue weighted by molar-refractivity contribution is 7.89. The predicted molar refractivity (Wildman–Crippen MR) is 146 cm³/mol. The molecule has 1 heterocycles. The molecule has 8 nitrogen and oxygen atoms in total. The minimum absolute atomic E-state index is 0.0144. The maximum atomic E-state index is 15.0. The van der Waals surface area contributed by atoms with Gasteiger partial charge >= 0.3 is 0 Å². The average Bonchev–Trinajstić information content (AvgIpc) is 2.83. The van der Waals surface area contributed by atoms with E-state index in [1.807, 2.05) is 6.92 Å². The van der Waals surface area contributed by atoms with Gasteiger partial charge < -0.3 is 19.9 Å². The van der Waals surface area contributed by atoms with Crippen LogP contribution in [0.5, 0.6) is 5.75 Å². The van der Waals surface area contributed by atoms with E-state index in [1.54, 1.807) is 32.0 Å². The highest BCUT2D eigenvalue weighted by Gasteiger charge is 2.26. The first-order valence-electron chi connectivity index (χ1n) is 12.5. The molecule has 37 heavy (non-hydrogen) atoms. The third-order valence-electron chi connectivity index (χ3n) is 7.09. The van der Waals surface area contributed by atoms with Crippen molar-refractivity contribution in [2.75, 3.05) is 58.1 Å². The first kappa shape index (κ1) is 28.9. The van der Waals surface area contributed by atoms with E-state index < -0.39 is 10.0 Å². The maximum Gasteiger partial charge on any atom is 0.243 e. The maximum absolute atomic E-state index is 15.0. The number of halogens is 1. The van der Waals surface area contributed by atoms with Crippen LogP contribution in [0.15, 0.2) is 29.2 Å². The molecule has 0 spiro atoms. The van der Waals surface area contributed by atoms with Crippen LogP contribution in [0.4, 0.5) is 15.8 Å². The molecule has 1 aliphatic rings. The molecular formula is C27H39FN4O4S. The van der Waals surface area contributed by atoms with Gasteiger partial charge in [-0.2, -0.15) is 0 Å². The second-order valence-corrected chi connectivity index (χ2v) is 12.0. The summed E-state index contributed by atoms with van der Waals surface area (Å²) in [5.41, 5.74) is 2.84. The standard InChI is InChI=1S/C27H39FN4O4S/c1-18-16-25(32-12-8-21(9-13-32)30(4)5)23(28)17-24(18)29-26(33)10-11-31(6)37(34,35)27-19(2)14-22(36-7)15-20(27)3/h14-17,21H,8-13H2,1-7H3,(H,29,33). The summed E-state index contributed by atoms with van der Waals surface area (Å²) in [5, 5.41) is 2.75. The quantitative estimate of drug-likeness (QED) is 0.525. The second-order valence-electron chi connectivity index (χ2n) is 10.0. The summed E-state index contributed by atoms with van der Waals surface area (Å²) < 4.78 is 47.8. The first-order valence-corrected chi connectivity index (χ1v) is 13.9. The Morgan fingerprint density at radius 1 is 1.05 bits per heavy atom. The van der Waals surface area contributed by atoms with Gasteiger partial charge in [-0.1, -0.05) is 0 Å². The lowest BCUT2D eigenvalue weighted by atomic mass is 10.0. The van der Waals surface area contributed by atoms with E-state index >= 15 is 4.39 Å². The summed E-state index contributed by atoms with van der Waals surface area (Å²) in [4.78, 5) is 17.1. The Morgan fingerprint density at radius 3 is 2.19 bits per heavy atom. The van der Waals surface area contributed by atoms with E-state index in [0.29, 0.717) is 34.3 Å². The number of nitrogens with one attached hydrogen (secondary N) is 1. The second kappa shape index (κ2) is 11.8. The van der Waals surface area contributed by atoms with Crippen molar-refractivity contribution in [1.29, 1.82) is 0 Å². The van der Waals surface area contributed by atoms with Crippen LogP contribution in [0, 0.1) is 26.6 Å². The number of ether oxygens (including phenoxy) is 1. The van der Waals surface area contributed by atoms with Crippen molar-refractivity contribution in [2.45, 2.75) is 51.0 Å². The summed E-state index contributed by atoms with van der Waals surface area (Å²) in [5.74, 6) is -0.177. The van der Waals surface area contributed by atoms with E-state index in [-0.39, 0.29) is 29.6 Å². The number of sulfonamides is 1. The Morgan fingerprint density at radius 2 is 1.65 bits per heavy atom. The minimum Gasteiger partial charge on any atom is -0.497 e. The van der Waals surface area contributed by atoms with Gasteiger partial charge in [-0.3, -0.25) is 4.79 Å². The van der Waals surface area contributed by atoms with Crippen LogP contribution in [-0.4, -0.2) is 77.5 Å². The van der Waals surface area contributed by atoms with E-state index in [1.165, 1.54) is 24.5 Å². The number of piperidine rings is 1. The fourth-order valence-electron chi connectivity index (χ4n) is 4.85. The SMILES string of the molecule is COc1cc(C)c(S(=O)(=O)N(C)CCC(=O)Nc2cc(F)c(N3CCC(N(C)C)CC3)cc2C)c(C)c1. The molecule has 0 radical (unpaired) electrons. The van der Waals surface area contributed by atoms with Crippen LogP contribution in [0.2, 0.25) is 0 Å². The lowest BCUT2D eigenvalue weighted by molar-refractivity contribution is -0.116. The molecule has 3 rings (SSSR count). The highest BCUT2D eigenvalue weighted by atomic mass is 32.2. The minimum atomic E-state index is -3.81. The molecule has 204 valence electrons. The zero-order chi connectivity index (χ0) is 27.5. The Balaban J connectivity index is 1.64. The molecule has 0 saturated carbocycles. The summed E-state index contributed by atoms with van der Waals surface area (Å²) in [7, 11) is 3.31. The van der Waals surface area contributed by atoms with E-state index in [9.17, 15) is 13.2 Å². The lowest BCUT2D eigenvalue weighted by Gasteiger charge is -2.36. The Bertz CT molecular complexity index is 1220. The van der Waals surface area contributed by atoms with Crippen molar-refractivity contribution < 1.29 is 22.3 Å². The molecule has 0 aliphatic carbocycles. The Hall–Kier alpha value is -2.69. The van der Waals surface area contributed by atoms with Gasteiger partial charge in [-0.15, -0.1) is 0 Å². The van der Waals surface area contributed by atoms with Crippen molar-refractivity contribution in [3.63, 3.8) is 0 Å². The Kier molecular flexibility index (Phi) is 9.20. The van der Waals surface area contributed by atoms with Crippen LogP contribution in [0.3, 0.4) is 0 Å². The summed E-state index contributed by atoms with van der Waals surface area (Å²) in [6.07, 6.45) is 1.87. The molecule has 2 aromatic carbocycles. The van der Waals surface area contributed by atoms with E-state index in [4.69, 9.17) is 4.74 Å². The van der Waals surface area contributed by atoms with Gasteiger partial charge in [0.05, 0.1) is 17.7 Å². The van der Waals surface area contributed by atoms with Crippen molar-refractivity contribution >= 4 is 27.3 Å². The number of rotatable bonds is 9. The number of methoxy groups -OCH3 is 1. The first-order chi connectivity index (χ1) is 17.3. The molecule has 2 aromatic rings. The fourth-order valence-corrected chi connectivity index (χ4v) is 6.42. The number of hydrogen-bond acceptors (Lipinski definition) is 6. The largest absolute Gasteiger partial charge is 0.497 e. The Labute approximate surface area is 220 Å². The lowest BCUT2D eigenvalue weighted by Crippen LogP contribution is -2.42. The van der Waals surface area contributed by atoms with Crippen molar-refractivity contribution in [1.82, 2.24) is 9.21 Å². The van der Waals surface area contributed by atoms with Crippen molar-refractivity contribution in [3.8, 4) is 5.75 Å². The molecule has 1 N–H and O–H groups in total. The monoisotopic (exact) mass is 534 g/mol. The van der Waals surface area contributed by atoms with Gasteiger partial charge in [0, 0.05) is 44.8 Å². The average molecular weight is 535 g/mol. The molecule has 1 aliphatic heterocycles. The van der Waals surface area contributed by atoms with Gasteiger partial charge in [0.15, 0.2) is 0 Å². The molecule has 1 amide bonds. The van der Waals surface area contributed by atoms with Crippen LogP contribution in [0.1, 0.15) is 36.0 Å². The summed E-state index contributed by atoms with van der Waals surface area (Å²) in [6.45, 7) is 6.80. The van der Waals surface area contributed by atoms with Crippen LogP contribution in [0.25, 0.3) is 0 Å². The predicted octanol–water partition coefficient (Wildman–Crippen LogP) is 3.94. The van der Waals surface area contributed by atoms with Crippen molar-refractivity contribution in [3.05, 3.63) is 46.8 Å². The van der Waals surface area contributed by atoms with Gasteiger partial charge in [0.1, 0.15) is 11.6 Å². The zero-order valence-electron chi connectivity index (χ0n) is 22.9. The van der Waals surface area contributed by atoms with Gasteiger partial charge in [-0.25, -0.2) is 17.1 Å². The van der Waals surface area contributed by atoms with Crippen molar-refractivity contribution in [2.24, 2.45) is 0 Å². The molecule has 0 atom stereocenters. The van der Waals surface area contributed by atoms with Gasteiger partial charge in [-0.05, 0) is 88.7 Å². The third-order valence-corrected chi connectivity index (χ3v) is 9.26. The number of hydrogen-bond donors (Lipinski definition) is 1. The number of anilines is 2. The number of benzene rings is 2. The van der Waals surface area contributed by atoms with E-state index in [2.05, 4.69) is 29.2 Å². The molecule has 1 saturated heterocycles. The molecule has 10 heteroatoms. The molecule has 0 bridgehead atoms. The highest BCUT2D eigenvalue weighted by Crippen LogP contribution is 2.30. The molecule has 0 aromatic heterocycles. The van der Waals surface area contributed by atoms with Crippen LogP contribution < -0.4 is 15.0 Å². The van der Waals surface area contributed by atoms with Crippen LogP contribution in [-0.2, 0) is 14.8 Å². The fraction of sp³-hybridized carbons (Fsp3) is 0.519. The topological polar surface area (TPSA) is 82.2 Å². The smallest absolute Gasteiger partial charge is 0.243 e. The molecule has 0 unspecified atom stereocenters. The van der Waals surface area contributed by atoms with Crippen LogP contribution >= 0.6 is 0 Å². The summed E-state index contributed by atoms with van der Waals surface area (Å²) in [6, 6.07) is 6.97. The number of carbonyl (C=O) groups is 1. The number of carbonyl (C=O) groups excluding carboxylic acids is 1. The van der Waals surface area contributed by atoms with Gasteiger partial charge in [0.25, 0.3) is 0 Å². The molecular weight excluding hydrogens is 495 g/mol. The van der Waals surface area contributed by atoms with E-state index in [0.717, 1.165) is 31.5 Å². The number of aryl methyl sites for hydroxylation is 3. The third kappa shape index (κ3) is 6.61. The molecule has 1 fully saturated rings. The number of amides is 1. The van der Waals surface area contributed by atoms with Gasteiger partial charge in [0.2, 0.25) is 15.9 Å².